The summed E-state index contributed by atoms with van der Waals surface area (Å²) in [6.07, 6.45) is 0. The van der Waals surface area contributed by atoms with Crippen LogP contribution in [0.25, 0.3) is 115 Å². The summed E-state index contributed by atoms with van der Waals surface area (Å²) in [4.78, 5) is 15.8. The Bertz CT molecular complexity index is 3470. The molecule has 3 aromatic heterocycles. The fraction of sp³-hybridized carbons (Fsp3) is 0. The van der Waals surface area contributed by atoms with Crippen LogP contribution < -0.4 is 0 Å². The van der Waals surface area contributed by atoms with Crippen molar-refractivity contribution in [3.05, 3.63) is 194 Å². The van der Waals surface area contributed by atoms with Crippen molar-refractivity contribution in [3.63, 3.8) is 0 Å². The molecule has 12 aromatic rings. The van der Waals surface area contributed by atoms with Crippen molar-refractivity contribution in [1.29, 1.82) is 0 Å². The number of hydrogen-bond donors (Lipinski definition) is 0. The van der Waals surface area contributed by atoms with Gasteiger partial charge in [-0.25, -0.2) is 15.0 Å². The standard InChI is InChI=1S/C53H32N4S/c1-3-14-33(15-4-1)43-32-39(57-46-30-37-20-9-7-18-35(37)28-44(46)45-29-36-19-8-10-21-38(36)31-47(45)57)26-27-40(43)52-54-51(34-16-5-2-6-17-34)55-53(56-52)42-23-13-25-49-50(42)41-22-11-12-24-48(41)58-49/h1-32H. The van der Waals surface area contributed by atoms with Crippen molar-refractivity contribution in [3.8, 4) is 51.0 Å². The van der Waals surface area contributed by atoms with E-state index >= 15 is 0 Å². The molecule has 5 heteroatoms. The van der Waals surface area contributed by atoms with E-state index in [4.69, 9.17) is 15.0 Å². The molecule has 12 rings (SSSR count). The second kappa shape index (κ2) is 13.1. The molecule has 0 spiro atoms. The first-order chi connectivity index (χ1) is 28.7. The van der Waals surface area contributed by atoms with Crippen molar-refractivity contribution in [2.24, 2.45) is 0 Å². The third-order valence-corrected chi connectivity index (χ3v) is 12.5. The van der Waals surface area contributed by atoms with Gasteiger partial charge >= 0.3 is 0 Å². The Balaban J connectivity index is 1.13. The number of thiophene rings is 1. The van der Waals surface area contributed by atoms with Crippen LogP contribution in [-0.4, -0.2) is 19.5 Å². The Hall–Kier alpha value is -7.47. The van der Waals surface area contributed by atoms with E-state index < -0.39 is 0 Å². The molecule has 0 fully saturated rings. The molecule has 0 atom stereocenters. The molecule has 0 saturated carbocycles. The van der Waals surface area contributed by atoms with Crippen LogP contribution in [0.5, 0.6) is 0 Å². The normalized spacial score (nSPS) is 11.8. The topological polar surface area (TPSA) is 43.6 Å². The average molecular weight is 757 g/mol. The van der Waals surface area contributed by atoms with Gasteiger partial charge in [-0.2, -0.15) is 0 Å². The smallest absolute Gasteiger partial charge is 0.164 e. The molecule has 0 bridgehead atoms. The Labute approximate surface area is 338 Å². The highest BCUT2D eigenvalue weighted by molar-refractivity contribution is 7.25. The minimum absolute atomic E-state index is 0.630. The van der Waals surface area contributed by atoms with E-state index in [1.807, 2.05) is 18.2 Å². The van der Waals surface area contributed by atoms with Gasteiger partial charge in [-0.15, -0.1) is 11.3 Å². The maximum Gasteiger partial charge on any atom is 0.164 e. The van der Waals surface area contributed by atoms with E-state index in [0.717, 1.165) is 33.5 Å². The van der Waals surface area contributed by atoms with Crippen LogP contribution >= 0.6 is 11.3 Å². The van der Waals surface area contributed by atoms with E-state index in [1.54, 1.807) is 11.3 Å². The molecule has 3 heterocycles. The van der Waals surface area contributed by atoms with Crippen molar-refractivity contribution in [1.82, 2.24) is 19.5 Å². The molecule has 9 aromatic carbocycles. The molecule has 0 N–H and O–H groups in total. The van der Waals surface area contributed by atoms with E-state index in [0.29, 0.717) is 17.5 Å². The SMILES string of the molecule is c1ccc(-c2nc(-c3ccc(-n4c5cc6ccccc6cc5c5cc6ccccc6cc54)cc3-c3ccccc3)nc(-c3cccc4sc5ccccc5c34)n2)cc1. The molecule has 0 radical (unpaired) electrons. The summed E-state index contributed by atoms with van der Waals surface area (Å²) in [5, 5.41) is 9.73. The lowest BCUT2D eigenvalue weighted by Gasteiger charge is -2.16. The van der Waals surface area contributed by atoms with E-state index in [2.05, 4.69) is 180 Å². The molecular formula is C53H32N4S. The van der Waals surface area contributed by atoms with Crippen molar-refractivity contribution in [2.75, 3.05) is 0 Å². The van der Waals surface area contributed by atoms with Gasteiger partial charge in [0.25, 0.3) is 0 Å². The van der Waals surface area contributed by atoms with Crippen LogP contribution in [0, 0.1) is 0 Å². The van der Waals surface area contributed by atoms with Crippen LogP contribution in [-0.2, 0) is 0 Å². The second-order valence-electron chi connectivity index (χ2n) is 14.8. The minimum Gasteiger partial charge on any atom is -0.309 e. The molecule has 58 heavy (non-hydrogen) atoms. The minimum atomic E-state index is 0.630. The molecular weight excluding hydrogens is 725 g/mol. The van der Waals surface area contributed by atoms with Crippen LogP contribution in [0.3, 0.4) is 0 Å². The molecule has 0 saturated heterocycles. The number of nitrogens with zero attached hydrogens (tertiary/aromatic N) is 4. The zero-order chi connectivity index (χ0) is 38.2. The lowest BCUT2D eigenvalue weighted by Crippen LogP contribution is -2.02. The Kier molecular flexibility index (Phi) is 7.37. The van der Waals surface area contributed by atoms with Gasteiger partial charge in [0.05, 0.1) is 11.0 Å². The van der Waals surface area contributed by atoms with E-state index in [-0.39, 0.29) is 0 Å². The zero-order valence-corrected chi connectivity index (χ0v) is 32.0. The summed E-state index contributed by atoms with van der Waals surface area (Å²) < 4.78 is 4.88. The van der Waals surface area contributed by atoms with Gasteiger partial charge in [-0.05, 0) is 87.3 Å². The van der Waals surface area contributed by atoms with Crippen LogP contribution in [0.1, 0.15) is 0 Å². The van der Waals surface area contributed by atoms with Gasteiger partial charge in [0.1, 0.15) is 0 Å². The maximum absolute atomic E-state index is 5.36. The zero-order valence-electron chi connectivity index (χ0n) is 31.2. The predicted octanol–water partition coefficient (Wildman–Crippen LogP) is 14.3. The molecule has 4 nitrogen and oxygen atoms in total. The first kappa shape index (κ1) is 32.7. The Morgan fingerprint density at radius 2 is 0.879 bits per heavy atom. The van der Waals surface area contributed by atoms with Crippen LogP contribution in [0.15, 0.2) is 194 Å². The van der Waals surface area contributed by atoms with Gasteiger partial charge in [-0.3, -0.25) is 0 Å². The highest BCUT2D eigenvalue weighted by Crippen LogP contribution is 2.42. The van der Waals surface area contributed by atoms with Crippen molar-refractivity contribution >= 4 is 74.9 Å². The summed E-state index contributed by atoms with van der Waals surface area (Å²) in [5.41, 5.74) is 8.42. The Morgan fingerprint density at radius 3 is 1.55 bits per heavy atom. The van der Waals surface area contributed by atoms with Gasteiger partial charge in [-0.1, -0.05) is 140 Å². The van der Waals surface area contributed by atoms with E-state index in [9.17, 15) is 0 Å². The fourth-order valence-electron chi connectivity index (χ4n) is 8.68. The number of aromatic nitrogens is 4. The second-order valence-corrected chi connectivity index (χ2v) is 15.9. The van der Waals surface area contributed by atoms with Gasteiger partial charge in [0.15, 0.2) is 17.5 Å². The number of rotatable bonds is 5. The number of hydrogen-bond acceptors (Lipinski definition) is 4. The summed E-state index contributed by atoms with van der Waals surface area (Å²) in [7, 11) is 0. The Morgan fingerprint density at radius 1 is 0.345 bits per heavy atom. The molecule has 0 aliphatic carbocycles. The summed E-state index contributed by atoms with van der Waals surface area (Å²) in [5.74, 6) is 1.92. The molecule has 0 aliphatic heterocycles. The van der Waals surface area contributed by atoms with Gasteiger partial charge in [0, 0.05) is 53.3 Å². The van der Waals surface area contributed by atoms with Crippen LogP contribution in [0.2, 0.25) is 0 Å². The molecule has 0 unspecified atom stereocenters. The summed E-state index contributed by atoms with van der Waals surface area (Å²) in [6.45, 7) is 0. The first-order valence-corrected chi connectivity index (χ1v) is 20.3. The molecule has 0 amide bonds. The van der Waals surface area contributed by atoms with Gasteiger partial charge in [0.2, 0.25) is 0 Å². The maximum atomic E-state index is 5.36. The lowest BCUT2D eigenvalue weighted by molar-refractivity contribution is 1.08. The first-order valence-electron chi connectivity index (χ1n) is 19.5. The lowest BCUT2D eigenvalue weighted by atomic mass is 9.98. The predicted molar refractivity (Wildman–Crippen MR) is 244 cm³/mol. The third-order valence-electron chi connectivity index (χ3n) is 11.4. The molecule has 0 aliphatic rings. The average Bonchev–Trinajstić information content (AvgIpc) is 3.82. The summed E-state index contributed by atoms with van der Waals surface area (Å²) in [6, 6.07) is 69.3. The number of benzene rings is 9. The van der Waals surface area contributed by atoms with Crippen molar-refractivity contribution < 1.29 is 0 Å². The monoisotopic (exact) mass is 756 g/mol. The number of fused-ring (bicyclic) bond motifs is 8. The third kappa shape index (κ3) is 5.25. The highest BCUT2D eigenvalue weighted by Gasteiger charge is 2.21. The largest absolute Gasteiger partial charge is 0.309 e. The highest BCUT2D eigenvalue weighted by atomic mass is 32.1. The quantitative estimate of drug-likeness (QED) is 0.176. The molecule has 270 valence electrons. The van der Waals surface area contributed by atoms with Crippen molar-refractivity contribution in [2.45, 2.75) is 0 Å². The van der Waals surface area contributed by atoms with Crippen LogP contribution in [0.4, 0.5) is 0 Å². The van der Waals surface area contributed by atoms with E-state index in [1.165, 1.54) is 63.5 Å². The van der Waals surface area contributed by atoms with Gasteiger partial charge < -0.3 is 4.57 Å². The summed E-state index contributed by atoms with van der Waals surface area (Å²) >= 11 is 1.80. The fourth-order valence-corrected chi connectivity index (χ4v) is 9.82.